The summed E-state index contributed by atoms with van der Waals surface area (Å²) in [6.07, 6.45) is 7.31. The van der Waals surface area contributed by atoms with Gasteiger partial charge in [-0.2, -0.15) is 4.98 Å². The Labute approximate surface area is 113 Å². The molecule has 1 aliphatic heterocycles. The lowest BCUT2D eigenvalue weighted by atomic mass is 10.2. The van der Waals surface area contributed by atoms with Gasteiger partial charge in [0.2, 0.25) is 5.88 Å². The molecule has 2 aromatic rings. The van der Waals surface area contributed by atoms with E-state index in [0.29, 0.717) is 5.88 Å². The van der Waals surface area contributed by atoms with E-state index < -0.39 is 0 Å². The van der Waals surface area contributed by atoms with Crippen LogP contribution in [0.2, 0.25) is 0 Å². The van der Waals surface area contributed by atoms with Crippen molar-refractivity contribution in [3.8, 4) is 5.88 Å². The molecule has 0 amide bonds. The second-order valence-electron chi connectivity index (χ2n) is 5.17. The molecule has 0 aliphatic carbocycles. The second kappa shape index (κ2) is 6.06. The lowest BCUT2D eigenvalue weighted by Crippen LogP contribution is -2.29. The number of pyridine rings is 1. The summed E-state index contributed by atoms with van der Waals surface area (Å²) in [5.74, 6) is 0.713. The van der Waals surface area contributed by atoms with E-state index in [2.05, 4.69) is 14.9 Å². The summed E-state index contributed by atoms with van der Waals surface area (Å²) in [6, 6.07) is 6.00. The fourth-order valence-electron chi connectivity index (χ4n) is 2.63. The van der Waals surface area contributed by atoms with Crippen LogP contribution in [0.5, 0.6) is 5.88 Å². The lowest BCUT2D eigenvalue weighted by molar-refractivity contribution is 0.210. The Hall–Kier alpha value is -1.55. The third-order valence-electron chi connectivity index (χ3n) is 3.74. The highest BCUT2D eigenvalue weighted by molar-refractivity contribution is 5.75. The van der Waals surface area contributed by atoms with Gasteiger partial charge in [-0.05, 0) is 38.1 Å². The number of rotatable bonds is 4. The van der Waals surface area contributed by atoms with Gasteiger partial charge in [0.1, 0.15) is 12.3 Å². The molecule has 0 atom stereocenters. The van der Waals surface area contributed by atoms with E-state index in [1.54, 1.807) is 0 Å². The molecule has 1 aliphatic rings. The minimum atomic E-state index is 0.713. The topological polar surface area (TPSA) is 41.1 Å². The van der Waals surface area contributed by atoms with Crippen LogP contribution in [-0.2, 0) is 0 Å². The Morgan fingerprint density at radius 2 is 1.95 bits per heavy atom. The Balaban J connectivity index is 1.50. The number of nitrogens with one attached hydrogen (secondary N) is 1. The number of aromatic nitrogens is 2. The molecule has 0 bridgehead atoms. The number of ether oxygens (including phenoxy) is 1. The van der Waals surface area contributed by atoms with E-state index in [1.165, 1.54) is 38.8 Å². The summed E-state index contributed by atoms with van der Waals surface area (Å²) in [7, 11) is 0. The summed E-state index contributed by atoms with van der Waals surface area (Å²) in [4.78, 5) is 10.0. The maximum atomic E-state index is 5.75. The molecule has 3 rings (SSSR count). The standard InChI is InChI=1S/C15H21N3O/c1-2-4-10-18(9-3-1)11-12-19-14-6-5-13-7-8-16-15(13)17-14/h5-8H,1-4,9-12H2,(H,16,17). The van der Waals surface area contributed by atoms with Crippen molar-refractivity contribution < 1.29 is 4.74 Å². The monoisotopic (exact) mass is 259 g/mol. The van der Waals surface area contributed by atoms with Crippen LogP contribution >= 0.6 is 0 Å². The number of fused-ring (bicyclic) bond motifs is 1. The van der Waals surface area contributed by atoms with E-state index in [9.17, 15) is 0 Å². The number of H-pyrrole nitrogens is 1. The molecule has 0 unspecified atom stereocenters. The van der Waals surface area contributed by atoms with E-state index >= 15 is 0 Å². The van der Waals surface area contributed by atoms with E-state index in [0.717, 1.165) is 24.2 Å². The van der Waals surface area contributed by atoms with Crippen LogP contribution in [0.15, 0.2) is 24.4 Å². The number of likely N-dealkylation sites (tertiary alicyclic amines) is 1. The zero-order valence-corrected chi connectivity index (χ0v) is 11.3. The average molecular weight is 259 g/mol. The molecule has 0 aromatic carbocycles. The molecular weight excluding hydrogens is 238 g/mol. The first-order valence-corrected chi connectivity index (χ1v) is 7.21. The van der Waals surface area contributed by atoms with Gasteiger partial charge in [-0.25, -0.2) is 0 Å². The highest BCUT2D eigenvalue weighted by atomic mass is 16.5. The summed E-state index contributed by atoms with van der Waals surface area (Å²) in [5, 5.41) is 1.12. The molecule has 1 fully saturated rings. The van der Waals surface area contributed by atoms with Crippen LogP contribution in [0.3, 0.4) is 0 Å². The molecule has 0 saturated carbocycles. The third kappa shape index (κ3) is 3.26. The molecular formula is C15H21N3O. The summed E-state index contributed by atoms with van der Waals surface area (Å²) in [5.41, 5.74) is 0.896. The van der Waals surface area contributed by atoms with Gasteiger partial charge in [0.05, 0.1) is 0 Å². The summed E-state index contributed by atoms with van der Waals surface area (Å²) >= 11 is 0. The van der Waals surface area contributed by atoms with Crippen LogP contribution < -0.4 is 4.74 Å². The van der Waals surface area contributed by atoms with Crippen LogP contribution in [-0.4, -0.2) is 41.1 Å². The fourth-order valence-corrected chi connectivity index (χ4v) is 2.63. The van der Waals surface area contributed by atoms with E-state index in [-0.39, 0.29) is 0 Å². The average Bonchev–Trinajstić information content (AvgIpc) is 2.74. The van der Waals surface area contributed by atoms with Crippen molar-refractivity contribution in [1.82, 2.24) is 14.9 Å². The van der Waals surface area contributed by atoms with Gasteiger partial charge >= 0.3 is 0 Å². The number of nitrogens with zero attached hydrogens (tertiary/aromatic N) is 2. The van der Waals surface area contributed by atoms with Crippen LogP contribution in [0.25, 0.3) is 11.0 Å². The first kappa shape index (κ1) is 12.5. The first-order valence-electron chi connectivity index (χ1n) is 7.21. The van der Waals surface area contributed by atoms with Crippen LogP contribution in [0.4, 0.5) is 0 Å². The van der Waals surface area contributed by atoms with Crippen molar-refractivity contribution in [3.63, 3.8) is 0 Å². The van der Waals surface area contributed by atoms with Crippen LogP contribution in [0, 0.1) is 0 Å². The SMILES string of the molecule is c1cc2ccc(OCCN3CCCCCC3)nc2[nH]1. The van der Waals surface area contributed by atoms with Crippen molar-refractivity contribution >= 4 is 11.0 Å². The smallest absolute Gasteiger partial charge is 0.215 e. The number of aromatic amines is 1. The maximum Gasteiger partial charge on any atom is 0.215 e. The first-order chi connectivity index (χ1) is 9.42. The zero-order chi connectivity index (χ0) is 12.9. The Morgan fingerprint density at radius 3 is 2.79 bits per heavy atom. The molecule has 4 heteroatoms. The highest BCUT2D eigenvalue weighted by Crippen LogP contribution is 2.15. The number of hydrogen-bond acceptors (Lipinski definition) is 3. The Bertz CT molecular complexity index is 515. The van der Waals surface area contributed by atoms with Gasteiger partial charge in [-0.15, -0.1) is 0 Å². The predicted molar refractivity (Wildman–Crippen MR) is 76.5 cm³/mol. The minimum Gasteiger partial charge on any atom is -0.476 e. The molecule has 0 spiro atoms. The van der Waals surface area contributed by atoms with Gasteiger partial charge < -0.3 is 9.72 Å². The maximum absolute atomic E-state index is 5.75. The molecule has 1 N–H and O–H groups in total. The molecule has 2 aromatic heterocycles. The molecule has 102 valence electrons. The minimum absolute atomic E-state index is 0.713. The molecule has 1 saturated heterocycles. The normalized spacial score (nSPS) is 17.5. The predicted octanol–water partition coefficient (Wildman–Crippen LogP) is 2.82. The van der Waals surface area contributed by atoms with Crippen molar-refractivity contribution in [2.24, 2.45) is 0 Å². The number of hydrogen-bond donors (Lipinski definition) is 1. The van der Waals surface area contributed by atoms with Crippen molar-refractivity contribution in [2.75, 3.05) is 26.2 Å². The van der Waals surface area contributed by atoms with E-state index in [1.807, 2.05) is 24.4 Å². The van der Waals surface area contributed by atoms with E-state index in [4.69, 9.17) is 4.74 Å². The van der Waals surface area contributed by atoms with Crippen LogP contribution in [0.1, 0.15) is 25.7 Å². The lowest BCUT2D eigenvalue weighted by Gasteiger charge is -2.19. The van der Waals surface area contributed by atoms with Gasteiger partial charge in [0.15, 0.2) is 0 Å². The Kier molecular flexibility index (Phi) is 3.98. The largest absolute Gasteiger partial charge is 0.476 e. The quantitative estimate of drug-likeness (QED) is 0.918. The Morgan fingerprint density at radius 1 is 1.11 bits per heavy atom. The van der Waals surface area contributed by atoms with Crippen molar-refractivity contribution in [3.05, 3.63) is 24.4 Å². The molecule has 19 heavy (non-hydrogen) atoms. The zero-order valence-electron chi connectivity index (χ0n) is 11.3. The molecule has 0 radical (unpaired) electrons. The van der Waals surface area contributed by atoms with Crippen molar-refractivity contribution in [1.29, 1.82) is 0 Å². The van der Waals surface area contributed by atoms with Crippen molar-refractivity contribution in [2.45, 2.75) is 25.7 Å². The van der Waals surface area contributed by atoms with Gasteiger partial charge in [-0.1, -0.05) is 12.8 Å². The molecule has 3 heterocycles. The summed E-state index contributed by atoms with van der Waals surface area (Å²) < 4.78 is 5.75. The third-order valence-corrected chi connectivity index (χ3v) is 3.74. The second-order valence-corrected chi connectivity index (χ2v) is 5.17. The van der Waals surface area contributed by atoms with Gasteiger partial charge in [-0.3, -0.25) is 4.90 Å². The van der Waals surface area contributed by atoms with Gasteiger partial charge in [0, 0.05) is 24.2 Å². The molecule has 4 nitrogen and oxygen atoms in total. The highest BCUT2D eigenvalue weighted by Gasteiger charge is 2.08. The van der Waals surface area contributed by atoms with Gasteiger partial charge in [0.25, 0.3) is 0 Å². The fraction of sp³-hybridized carbons (Fsp3) is 0.533. The summed E-state index contributed by atoms with van der Waals surface area (Å²) in [6.45, 7) is 4.16.